The van der Waals surface area contributed by atoms with Crippen LogP contribution in [0.5, 0.6) is 0 Å². The van der Waals surface area contributed by atoms with Crippen molar-refractivity contribution < 1.29 is 24.6 Å². The molecule has 0 bridgehead atoms. The summed E-state index contributed by atoms with van der Waals surface area (Å²) in [7, 11) is 0. The molecular formula is C21H33NO5. The largest absolute Gasteiger partial charge is 0.478 e. The van der Waals surface area contributed by atoms with E-state index in [1.807, 2.05) is 0 Å². The van der Waals surface area contributed by atoms with Gasteiger partial charge >= 0.3 is 11.9 Å². The number of rotatable bonds is 13. The maximum Gasteiger partial charge on any atom is 0.336 e. The number of amides is 1. The highest BCUT2D eigenvalue weighted by Gasteiger charge is 2.13. The predicted molar refractivity (Wildman–Crippen MR) is 106 cm³/mol. The Balaban J connectivity index is 0.000000511. The fourth-order valence-electron chi connectivity index (χ4n) is 2.64. The van der Waals surface area contributed by atoms with Gasteiger partial charge in [0.25, 0.3) is 0 Å². The lowest BCUT2D eigenvalue weighted by molar-refractivity contribution is -0.118. The van der Waals surface area contributed by atoms with Gasteiger partial charge in [-0.25, -0.2) is 9.59 Å². The second-order valence-electron chi connectivity index (χ2n) is 6.55. The molecule has 1 amide bonds. The van der Waals surface area contributed by atoms with Gasteiger partial charge in [-0.3, -0.25) is 4.79 Å². The first kappa shape index (κ1) is 24.6. The number of primary amides is 1. The molecule has 27 heavy (non-hydrogen) atoms. The number of hydrogen-bond acceptors (Lipinski definition) is 3. The standard InChI is InChI=1S/C13H27NO.C8H6O4/c1-2-3-4-5-6-7-8-9-10-11-12-13(14)15;9-7(10)5-3-1-2-4-6(5)8(11)12/h2-12H2,1H3,(H2,14,15);1-4H,(H,9,10)(H,11,12). The van der Waals surface area contributed by atoms with E-state index in [0.717, 1.165) is 12.8 Å². The minimum atomic E-state index is -1.23. The van der Waals surface area contributed by atoms with Crippen LogP contribution in [0.25, 0.3) is 0 Å². The Morgan fingerprint density at radius 3 is 1.44 bits per heavy atom. The first-order chi connectivity index (χ1) is 12.9. The van der Waals surface area contributed by atoms with Gasteiger partial charge in [-0.05, 0) is 18.6 Å². The Bertz CT molecular complexity index is 538. The van der Waals surface area contributed by atoms with E-state index >= 15 is 0 Å². The SMILES string of the molecule is CCCCCCCCCCCCC(N)=O.O=C(O)c1ccccc1C(=O)O. The van der Waals surface area contributed by atoms with E-state index in [2.05, 4.69) is 6.92 Å². The molecule has 6 nitrogen and oxygen atoms in total. The third kappa shape index (κ3) is 13.5. The van der Waals surface area contributed by atoms with E-state index in [-0.39, 0.29) is 17.0 Å². The van der Waals surface area contributed by atoms with E-state index in [9.17, 15) is 14.4 Å². The van der Waals surface area contributed by atoms with E-state index in [1.54, 1.807) is 0 Å². The number of carbonyl (C=O) groups excluding carboxylic acids is 1. The lowest BCUT2D eigenvalue weighted by Crippen LogP contribution is -2.09. The second-order valence-corrected chi connectivity index (χ2v) is 6.55. The van der Waals surface area contributed by atoms with Crippen LogP contribution in [-0.4, -0.2) is 28.1 Å². The highest BCUT2D eigenvalue weighted by atomic mass is 16.4. The van der Waals surface area contributed by atoms with Gasteiger partial charge in [0.2, 0.25) is 5.91 Å². The van der Waals surface area contributed by atoms with Crippen LogP contribution in [0.1, 0.15) is 98.3 Å². The molecule has 0 atom stereocenters. The van der Waals surface area contributed by atoms with Crippen molar-refractivity contribution in [1.82, 2.24) is 0 Å². The average molecular weight is 379 g/mol. The smallest absolute Gasteiger partial charge is 0.336 e. The molecule has 4 N–H and O–H groups in total. The van der Waals surface area contributed by atoms with Crippen molar-refractivity contribution in [3.8, 4) is 0 Å². The molecule has 6 heteroatoms. The molecule has 0 unspecified atom stereocenters. The van der Waals surface area contributed by atoms with Crippen molar-refractivity contribution >= 4 is 17.8 Å². The molecule has 0 radical (unpaired) electrons. The monoisotopic (exact) mass is 379 g/mol. The van der Waals surface area contributed by atoms with Crippen LogP contribution in [0.4, 0.5) is 0 Å². The number of hydrogen-bond donors (Lipinski definition) is 3. The van der Waals surface area contributed by atoms with E-state index in [0.29, 0.717) is 6.42 Å². The van der Waals surface area contributed by atoms with Crippen LogP contribution >= 0.6 is 0 Å². The van der Waals surface area contributed by atoms with Gasteiger partial charge in [0.05, 0.1) is 11.1 Å². The Labute approximate surface area is 161 Å². The zero-order valence-electron chi connectivity index (χ0n) is 16.3. The molecule has 1 rings (SSSR count). The normalized spacial score (nSPS) is 9.96. The zero-order chi connectivity index (χ0) is 20.5. The summed E-state index contributed by atoms with van der Waals surface area (Å²) in [5.41, 5.74) is 4.68. The van der Waals surface area contributed by atoms with E-state index < -0.39 is 11.9 Å². The number of nitrogens with two attached hydrogens (primary N) is 1. The van der Waals surface area contributed by atoms with E-state index in [1.165, 1.54) is 75.6 Å². The summed E-state index contributed by atoms with van der Waals surface area (Å²) in [6, 6.07) is 5.48. The summed E-state index contributed by atoms with van der Waals surface area (Å²) in [5, 5.41) is 17.1. The second kappa shape index (κ2) is 15.9. The minimum absolute atomic E-state index is 0.158. The van der Waals surface area contributed by atoms with Gasteiger partial charge in [0.1, 0.15) is 0 Å². The lowest BCUT2D eigenvalue weighted by Gasteiger charge is -2.01. The molecule has 152 valence electrons. The fourth-order valence-corrected chi connectivity index (χ4v) is 2.64. The van der Waals surface area contributed by atoms with Gasteiger partial charge in [-0.15, -0.1) is 0 Å². The maximum atomic E-state index is 10.5. The van der Waals surface area contributed by atoms with Crippen LogP contribution in [0.2, 0.25) is 0 Å². The van der Waals surface area contributed by atoms with Crippen molar-refractivity contribution in [2.24, 2.45) is 5.73 Å². The fraction of sp³-hybridized carbons (Fsp3) is 0.571. The maximum absolute atomic E-state index is 10.5. The third-order valence-electron chi connectivity index (χ3n) is 4.16. The van der Waals surface area contributed by atoms with Crippen LogP contribution in [0.15, 0.2) is 24.3 Å². The summed E-state index contributed by atoms with van der Waals surface area (Å²) in [4.78, 5) is 31.4. The molecule has 1 aromatic rings. The lowest BCUT2D eigenvalue weighted by atomic mass is 10.1. The first-order valence-electron chi connectivity index (χ1n) is 9.74. The summed E-state index contributed by atoms with van der Waals surface area (Å²) in [6.45, 7) is 2.25. The number of carbonyl (C=O) groups is 3. The number of carboxylic acids is 2. The molecular weight excluding hydrogens is 346 g/mol. The molecule has 1 aromatic carbocycles. The number of aromatic carboxylic acids is 2. The zero-order valence-corrected chi connectivity index (χ0v) is 16.3. The quantitative estimate of drug-likeness (QED) is 0.423. The summed E-state index contributed by atoms with van der Waals surface area (Å²) >= 11 is 0. The molecule has 0 aliphatic rings. The van der Waals surface area contributed by atoms with Crippen molar-refractivity contribution in [3.63, 3.8) is 0 Å². The Morgan fingerprint density at radius 2 is 1.11 bits per heavy atom. The first-order valence-corrected chi connectivity index (χ1v) is 9.74. The predicted octanol–water partition coefficient (Wildman–Crippen LogP) is 4.87. The van der Waals surface area contributed by atoms with Crippen LogP contribution in [0.3, 0.4) is 0 Å². The van der Waals surface area contributed by atoms with Gasteiger partial charge in [-0.1, -0.05) is 76.8 Å². The molecule has 0 saturated carbocycles. The Hall–Kier alpha value is -2.37. The molecule has 0 saturated heterocycles. The number of carboxylic acid groups (broad SMARTS) is 2. The molecule has 0 heterocycles. The van der Waals surface area contributed by atoms with Crippen LogP contribution in [-0.2, 0) is 4.79 Å². The van der Waals surface area contributed by atoms with Gasteiger partial charge in [0.15, 0.2) is 0 Å². The highest BCUT2D eigenvalue weighted by molar-refractivity contribution is 6.01. The van der Waals surface area contributed by atoms with Gasteiger partial charge in [-0.2, -0.15) is 0 Å². The minimum Gasteiger partial charge on any atom is -0.478 e. The third-order valence-corrected chi connectivity index (χ3v) is 4.16. The van der Waals surface area contributed by atoms with E-state index in [4.69, 9.17) is 15.9 Å². The van der Waals surface area contributed by atoms with Crippen molar-refractivity contribution in [2.75, 3.05) is 0 Å². The van der Waals surface area contributed by atoms with Crippen LogP contribution < -0.4 is 5.73 Å². The summed E-state index contributed by atoms with van der Waals surface area (Å²) in [6.07, 6.45) is 13.6. The Morgan fingerprint density at radius 1 is 0.741 bits per heavy atom. The molecule has 0 spiro atoms. The number of unbranched alkanes of at least 4 members (excludes halogenated alkanes) is 9. The molecule has 0 aliphatic heterocycles. The van der Waals surface area contributed by atoms with Gasteiger partial charge < -0.3 is 15.9 Å². The van der Waals surface area contributed by atoms with Crippen molar-refractivity contribution in [3.05, 3.63) is 35.4 Å². The van der Waals surface area contributed by atoms with Crippen molar-refractivity contribution in [1.29, 1.82) is 0 Å². The average Bonchev–Trinajstić information content (AvgIpc) is 2.63. The van der Waals surface area contributed by atoms with Crippen LogP contribution in [0, 0.1) is 0 Å². The topological polar surface area (TPSA) is 118 Å². The molecule has 0 fully saturated rings. The molecule has 0 aliphatic carbocycles. The Kier molecular flexibility index (Phi) is 14.5. The number of benzene rings is 1. The summed E-state index contributed by atoms with van der Waals surface area (Å²) < 4.78 is 0. The summed E-state index contributed by atoms with van der Waals surface area (Å²) in [5.74, 6) is -2.62. The van der Waals surface area contributed by atoms with Crippen molar-refractivity contribution in [2.45, 2.75) is 77.6 Å². The van der Waals surface area contributed by atoms with Gasteiger partial charge in [0, 0.05) is 6.42 Å². The highest BCUT2D eigenvalue weighted by Crippen LogP contribution is 2.11. The molecule has 0 aromatic heterocycles.